The van der Waals surface area contributed by atoms with Crippen molar-refractivity contribution in [1.82, 2.24) is 20.9 Å². The lowest BCUT2D eigenvalue weighted by Gasteiger charge is -2.38. The molecule has 0 spiro atoms. The molecule has 272 valence electrons. The Hall–Kier alpha value is -3.48. The van der Waals surface area contributed by atoms with E-state index >= 15 is 0 Å². The molecule has 1 saturated heterocycles. The molecule has 2 heterocycles. The maximum absolute atomic E-state index is 14.5. The molecule has 0 aromatic carbocycles. The largest absolute Gasteiger partial charge is 0.459 e. The van der Waals surface area contributed by atoms with Gasteiger partial charge in [-0.15, -0.1) is 0 Å². The molecule has 2 saturated carbocycles. The van der Waals surface area contributed by atoms with Gasteiger partial charge in [-0.1, -0.05) is 73.6 Å². The summed E-state index contributed by atoms with van der Waals surface area (Å²) in [6.07, 6.45) is 6.54. The Labute approximate surface area is 294 Å². The van der Waals surface area contributed by atoms with Crippen LogP contribution in [-0.2, 0) is 35.3 Å². The van der Waals surface area contributed by atoms with E-state index in [0.29, 0.717) is 32.2 Å². The summed E-state index contributed by atoms with van der Waals surface area (Å²) in [6.45, 7) is 12.2. The molecular formula is C36H55N5O7S. The lowest BCUT2D eigenvalue weighted by atomic mass is 9.81. The second-order valence-electron chi connectivity index (χ2n) is 16.6. The highest BCUT2D eigenvalue weighted by molar-refractivity contribution is 7.07. The van der Waals surface area contributed by atoms with Crippen molar-refractivity contribution < 1.29 is 33.5 Å². The first kappa shape index (κ1) is 38.3. The monoisotopic (exact) mass is 701 g/mol. The molecule has 12 nitrogen and oxygen atoms in total. The van der Waals surface area contributed by atoms with Crippen LogP contribution in [0, 0.1) is 22.7 Å². The van der Waals surface area contributed by atoms with Crippen LogP contribution in [0.4, 0.5) is 4.79 Å². The smallest absolute Gasteiger partial charge is 0.332 e. The van der Waals surface area contributed by atoms with Gasteiger partial charge in [-0.2, -0.15) is 11.3 Å². The predicted molar refractivity (Wildman–Crippen MR) is 186 cm³/mol. The van der Waals surface area contributed by atoms with E-state index in [2.05, 4.69) is 36.7 Å². The lowest BCUT2D eigenvalue weighted by molar-refractivity contribution is -0.154. The van der Waals surface area contributed by atoms with Crippen molar-refractivity contribution in [3.8, 4) is 0 Å². The summed E-state index contributed by atoms with van der Waals surface area (Å²) in [6, 6.07) is -1.79. The van der Waals surface area contributed by atoms with Crippen LogP contribution in [0.5, 0.6) is 0 Å². The van der Waals surface area contributed by atoms with Gasteiger partial charge in [0.25, 0.3) is 5.91 Å². The Kier molecular flexibility index (Phi) is 12.2. The summed E-state index contributed by atoms with van der Waals surface area (Å²) < 4.78 is 5.67. The molecular weight excluding hydrogens is 646 g/mol. The first-order valence-electron chi connectivity index (χ1n) is 17.6. The van der Waals surface area contributed by atoms with E-state index in [-0.39, 0.29) is 23.9 Å². The molecule has 49 heavy (non-hydrogen) atoms. The normalized spacial score (nSPS) is 22.0. The van der Waals surface area contributed by atoms with Crippen molar-refractivity contribution in [3.05, 3.63) is 22.4 Å². The number of thiophene rings is 1. The molecule has 5 N–H and O–H groups in total. The number of carbonyl (C=O) groups is 6. The minimum absolute atomic E-state index is 0.00799. The van der Waals surface area contributed by atoms with Crippen LogP contribution >= 0.6 is 11.3 Å². The SMILES string of the molecule is CC(C)(C)C[C@@H]1C[C@@H](C(=O)NC(CC2CC2)C(=O)C(N)=O)N(C(=O)[C@@H](NC(=O)NC2(C(=O)OCc3ccsc3)CCCCC2)C(C)(C)C)C1. The third-order valence-corrected chi connectivity index (χ3v) is 10.5. The minimum Gasteiger partial charge on any atom is -0.459 e. The number of urea groups is 1. The number of ether oxygens (including phenoxy) is 1. The van der Waals surface area contributed by atoms with Crippen molar-refractivity contribution in [2.45, 2.75) is 136 Å². The zero-order valence-electron chi connectivity index (χ0n) is 29.9. The van der Waals surface area contributed by atoms with E-state index in [1.165, 1.54) is 16.2 Å². The van der Waals surface area contributed by atoms with Crippen molar-refractivity contribution in [2.75, 3.05) is 6.54 Å². The highest BCUT2D eigenvalue weighted by atomic mass is 32.1. The van der Waals surface area contributed by atoms with E-state index < -0.39 is 64.6 Å². The molecule has 0 bridgehead atoms. The van der Waals surface area contributed by atoms with Crippen LogP contribution in [0.1, 0.15) is 111 Å². The van der Waals surface area contributed by atoms with Crippen LogP contribution in [0.3, 0.4) is 0 Å². The molecule has 13 heteroatoms. The summed E-state index contributed by atoms with van der Waals surface area (Å²) >= 11 is 1.51. The molecule has 5 amide bonds. The van der Waals surface area contributed by atoms with E-state index in [1.807, 2.05) is 37.6 Å². The molecule has 3 fully saturated rings. The van der Waals surface area contributed by atoms with Gasteiger partial charge in [-0.25, -0.2) is 9.59 Å². The van der Waals surface area contributed by atoms with Crippen LogP contribution in [0.2, 0.25) is 0 Å². The van der Waals surface area contributed by atoms with E-state index in [9.17, 15) is 28.8 Å². The minimum atomic E-state index is -1.22. The van der Waals surface area contributed by atoms with Gasteiger partial charge in [0.1, 0.15) is 24.2 Å². The second kappa shape index (κ2) is 15.6. The summed E-state index contributed by atoms with van der Waals surface area (Å²) in [5, 5.41) is 12.3. The van der Waals surface area contributed by atoms with E-state index in [1.54, 1.807) is 0 Å². The summed E-state index contributed by atoms with van der Waals surface area (Å²) in [5.74, 6) is -3.18. The van der Waals surface area contributed by atoms with Crippen LogP contribution in [0.25, 0.3) is 0 Å². The van der Waals surface area contributed by atoms with Gasteiger partial charge >= 0.3 is 12.0 Å². The number of nitrogens with zero attached hydrogens (tertiary/aromatic N) is 1. The highest BCUT2D eigenvalue weighted by Gasteiger charge is 2.48. The average molecular weight is 702 g/mol. The highest BCUT2D eigenvalue weighted by Crippen LogP contribution is 2.37. The Balaban J connectivity index is 1.53. The van der Waals surface area contributed by atoms with Crippen LogP contribution in [-0.4, -0.2) is 70.6 Å². The number of ketones is 1. The Morgan fingerprint density at radius 2 is 1.67 bits per heavy atom. The fourth-order valence-corrected chi connectivity index (χ4v) is 7.84. The molecule has 1 unspecified atom stereocenters. The first-order valence-corrected chi connectivity index (χ1v) is 18.5. The lowest BCUT2D eigenvalue weighted by Crippen LogP contribution is -2.64. The van der Waals surface area contributed by atoms with Gasteiger partial charge in [0, 0.05) is 12.1 Å². The molecule has 3 aliphatic rings. The second-order valence-corrected chi connectivity index (χ2v) is 17.4. The number of carbonyl (C=O) groups excluding carboxylic acids is 6. The Morgan fingerprint density at radius 3 is 2.22 bits per heavy atom. The number of hydrogen-bond donors (Lipinski definition) is 4. The fraction of sp³-hybridized carbons (Fsp3) is 0.722. The molecule has 0 radical (unpaired) electrons. The zero-order chi connectivity index (χ0) is 36.1. The molecule has 1 aromatic heterocycles. The number of rotatable bonds is 13. The standard InChI is InChI=1S/C36H55N5O7S/c1-34(2,3)18-24-17-26(30(44)38-25(16-22-10-11-22)27(42)29(37)43)41(19-24)31(45)28(35(4,5)6)39-33(47)40-36(13-8-7-9-14-36)32(46)48-20-23-12-15-49-21-23/h12,15,21-22,24-26,28H,7-11,13-14,16-20H2,1-6H3,(H2,37,43)(H,38,44)(H2,39,40,47)/t24-,25?,26-,28+/m0/s1. The van der Waals surface area contributed by atoms with E-state index in [4.69, 9.17) is 10.5 Å². The van der Waals surface area contributed by atoms with Crippen LogP contribution in [0.15, 0.2) is 16.8 Å². The molecule has 2 aliphatic carbocycles. The number of amides is 5. The number of hydrogen-bond acceptors (Lipinski definition) is 8. The number of primary amides is 1. The van der Waals surface area contributed by atoms with Gasteiger partial charge in [0.15, 0.2) is 0 Å². The van der Waals surface area contributed by atoms with Gasteiger partial charge in [0.2, 0.25) is 17.6 Å². The number of nitrogens with two attached hydrogens (primary N) is 1. The van der Waals surface area contributed by atoms with Crippen molar-refractivity contribution in [1.29, 1.82) is 0 Å². The van der Waals surface area contributed by atoms with Crippen molar-refractivity contribution >= 4 is 46.8 Å². The number of Topliss-reactive ketones (excluding diaryl/α,β-unsaturated/α-hetero) is 1. The van der Waals surface area contributed by atoms with Crippen LogP contribution < -0.4 is 21.7 Å². The van der Waals surface area contributed by atoms with Gasteiger partial charge < -0.3 is 31.3 Å². The first-order chi connectivity index (χ1) is 22.9. The summed E-state index contributed by atoms with van der Waals surface area (Å²) in [7, 11) is 0. The zero-order valence-corrected chi connectivity index (χ0v) is 30.7. The van der Waals surface area contributed by atoms with Gasteiger partial charge in [-0.05, 0) is 71.6 Å². The molecule has 1 aromatic rings. The third kappa shape index (κ3) is 10.5. The molecule has 4 atom stereocenters. The van der Waals surface area contributed by atoms with Crippen molar-refractivity contribution in [2.24, 2.45) is 28.4 Å². The van der Waals surface area contributed by atoms with Gasteiger partial charge in [0.05, 0.1) is 6.04 Å². The van der Waals surface area contributed by atoms with E-state index in [0.717, 1.165) is 44.1 Å². The quantitative estimate of drug-likeness (QED) is 0.176. The van der Waals surface area contributed by atoms with Crippen molar-refractivity contribution in [3.63, 3.8) is 0 Å². The number of esters is 1. The summed E-state index contributed by atoms with van der Waals surface area (Å²) in [4.78, 5) is 81.5. The fourth-order valence-electron chi connectivity index (χ4n) is 7.18. The third-order valence-electron chi connectivity index (χ3n) is 9.81. The maximum Gasteiger partial charge on any atom is 0.332 e. The Morgan fingerprint density at radius 1 is 1.00 bits per heavy atom. The number of nitrogens with one attached hydrogen (secondary N) is 3. The van der Waals surface area contributed by atoms with Gasteiger partial charge in [-0.3, -0.25) is 19.2 Å². The maximum atomic E-state index is 14.5. The Bertz CT molecular complexity index is 1370. The average Bonchev–Trinajstić information content (AvgIpc) is 3.49. The molecule has 1 aliphatic heterocycles. The molecule has 4 rings (SSSR count). The summed E-state index contributed by atoms with van der Waals surface area (Å²) in [5.41, 5.74) is 4.13. The topological polar surface area (TPSA) is 177 Å². The number of likely N-dealkylation sites (tertiary alicyclic amines) is 1. The predicted octanol–water partition coefficient (Wildman–Crippen LogP) is 4.20.